The number of aryl methyl sites for hydroxylation is 1. The van der Waals surface area contributed by atoms with Crippen molar-refractivity contribution in [2.75, 3.05) is 27.8 Å². The minimum atomic E-state index is 0.0323. The zero-order valence-corrected chi connectivity index (χ0v) is 9.83. The van der Waals surface area contributed by atoms with Crippen molar-refractivity contribution < 1.29 is 9.47 Å². The molecule has 0 aliphatic heterocycles. The Hall–Kier alpha value is -1.06. The van der Waals surface area contributed by atoms with Gasteiger partial charge in [0.25, 0.3) is 0 Å². The standard InChI is InChI=1S/C12H19NO2/c1-9-5-6-11(14-3)10(7-9)12(15-4)8-13-2/h5-7,12-13H,8H2,1-4H3. The fraction of sp³-hybridized carbons (Fsp3) is 0.500. The fourth-order valence-electron chi connectivity index (χ4n) is 1.61. The molecule has 0 amide bonds. The Morgan fingerprint density at radius 1 is 1.33 bits per heavy atom. The van der Waals surface area contributed by atoms with Crippen LogP contribution in [0.3, 0.4) is 0 Å². The highest BCUT2D eigenvalue weighted by molar-refractivity contribution is 5.38. The van der Waals surface area contributed by atoms with Crippen LogP contribution >= 0.6 is 0 Å². The first kappa shape index (κ1) is 12.0. The highest BCUT2D eigenvalue weighted by Crippen LogP contribution is 2.27. The molecule has 1 aromatic carbocycles. The number of benzene rings is 1. The summed E-state index contributed by atoms with van der Waals surface area (Å²) in [4.78, 5) is 0. The lowest BCUT2D eigenvalue weighted by Crippen LogP contribution is -2.19. The number of hydrogen-bond donors (Lipinski definition) is 1. The minimum absolute atomic E-state index is 0.0323. The van der Waals surface area contributed by atoms with Crippen molar-refractivity contribution in [3.05, 3.63) is 29.3 Å². The van der Waals surface area contributed by atoms with E-state index in [-0.39, 0.29) is 6.10 Å². The van der Waals surface area contributed by atoms with Crippen LogP contribution in [0.4, 0.5) is 0 Å². The maximum absolute atomic E-state index is 5.43. The van der Waals surface area contributed by atoms with Gasteiger partial charge >= 0.3 is 0 Å². The molecule has 0 aliphatic carbocycles. The topological polar surface area (TPSA) is 30.5 Å². The lowest BCUT2D eigenvalue weighted by molar-refractivity contribution is 0.102. The van der Waals surface area contributed by atoms with Crippen LogP contribution in [0, 0.1) is 6.92 Å². The summed E-state index contributed by atoms with van der Waals surface area (Å²) in [5, 5.41) is 3.11. The molecule has 1 aromatic rings. The van der Waals surface area contributed by atoms with Crippen molar-refractivity contribution in [1.82, 2.24) is 5.32 Å². The Kier molecular flexibility index (Phi) is 4.59. The normalized spacial score (nSPS) is 12.5. The van der Waals surface area contributed by atoms with Gasteiger partial charge in [-0.3, -0.25) is 0 Å². The van der Waals surface area contributed by atoms with Crippen molar-refractivity contribution in [3.8, 4) is 5.75 Å². The summed E-state index contributed by atoms with van der Waals surface area (Å²) in [7, 11) is 5.30. The van der Waals surface area contributed by atoms with Crippen molar-refractivity contribution >= 4 is 0 Å². The predicted molar refractivity (Wildman–Crippen MR) is 61.4 cm³/mol. The molecule has 0 bridgehead atoms. The Labute approximate surface area is 91.4 Å². The van der Waals surface area contributed by atoms with Gasteiger partial charge < -0.3 is 14.8 Å². The second-order valence-corrected chi connectivity index (χ2v) is 3.53. The quantitative estimate of drug-likeness (QED) is 0.803. The summed E-state index contributed by atoms with van der Waals surface area (Å²) in [6.45, 7) is 2.84. The van der Waals surface area contributed by atoms with Gasteiger partial charge in [0, 0.05) is 19.2 Å². The van der Waals surface area contributed by atoms with Crippen LogP contribution < -0.4 is 10.1 Å². The first-order chi connectivity index (χ1) is 7.22. The minimum Gasteiger partial charge on any atom is -0.496 e. The first-order valence-electron chi connectivity index (χ1n) is 5.04. The van der Waals surface area contributed by atoms with E-state index in [4.69, 9.17) is 9.47 Å². The molecule has 1 unspecified atom stereocenters. The highest BCUT2D eigenvalue weighted by Gasteiger charge is 2.14. The molecule has 0 radical (unpaired) electrons. The average molecular weight is 209 g/mol. The summed E-state index contributed by atoms with van der Waals surface area (Å²) in [6, 6.07) is 6.12. The maximum Gasteiger partial charge on any atom is 0.124 e. The Morgan fingerprint density at radius 3 is 2.60 bits per heavy atom. The molecule has 15 heavy (non-hydrogen) atoms. The molecule has 0 saturated carbocycles. The van der Waals surface area contributed by atoms with Crippen LogP contribution in [-0.2, 0) is 4.74 Å². The van der Waals surface area contributed by atoms with E-state index in [2.05, 4.69) is 18.3 Å². The van der Waals surface area contributed by atoms with Gasteiger partial charge in [0.2, 0.25) is 0 Å². The third-order valence-electron chi connectivity index (χ3n) is 2.41. The molecule has 0 aliphatic rings. The zero-order chi connectivity index (χ0) is 11.3. The van der Waals surface area contributed by atoms with Crippen molar-refractivity contribution in [3.63, 3.8) is 0 Å². The maximum atomic E-state index is 5.43. The van der Waals surface area contributed by atoms with Gasteiger partial charge in [-0.25, -0.2) is 0 Å². The first-order valence-corrected chi connectivity index (χ1v) is 5.04. The smallest absolute Gasteiger partial charge is 0.124 e. The van der Waals surface area contributed by atoms with E-state index in [1.165, 1.54) is 5.56 Å². The van der Waals surface area contributed by atoms with Gasteiger partial charge in [0.05, 0.1) is 13.2 Å². The lowest BCUT2D eigenvalue weighted by Gasteiger charge is -2.18. The van der Waals surface area contributed by atoms with Gasteiger partial charge in [-0.2, -0.15) is 0 Å². The SMILES string of the molecule is CNCC(OC)c1cc(C)ccc1OC. The summed E-state index contributed by atoms with van der Waals surface area (Å²) in [5.41, 5.74) is 2.30. The third-order valence-corrected chi connectivity index (χ3v) is 2.41. The van der Waals surface area contributed by atoms with Crippen molar-refractivity contribution in [2.24, 2.45) is 0 Å². The molecule has 1 rings (SSSR count). The van der Waals surface area contributed by atoms with E-state index in [0.717, 1.165) is 17.9 Å². The van der Waals surface area contributed by atoms with E-state index in [0.29, 0.717) is 0 Å². The third kappa shape index (κ3) is 2.94. The fourth-order valence-corrected chi connectivity index (χ4v) is 1.61. The Morgan fingerprint density at radius 2 is 2.07 bits per heavy atom. The van der Waals surface area contributed by atoms with E-state index in [1.807, 2.05) is 19.2 Å². The van der Waals surface area contributed by atoms with Crippen molar-refractivity contribution in [1.29, 1.82) is 0 Å². The molecule has 0 spiro atoms. The van der Waals surface area contributed by atoms with E-state index < -0.39 is 0 Å². The van der Waals surface area contributed by atoms with Gasteiger partial charge in [-0.15, -0.1) is 0 Å². The van der Waals surface area contributed by atoms with Gasteiger partial charge in [-0.1, -0.05) is 11.6 Å². The molecule has 1 N–H and O–H groups in total. The number of methoxy groups -OCH3 is 2. The van der Waals surface area contributed by atoms with Crippen LogP contribution in [0.15, 0.2) is 18.2 Å². The van der Waals surface area contributed by atoms with Crippen LogP contribution in [0.2, 0.25) is 0 Å². The second-order valence-electron chi connectivity index (χ2n) is 3.53. The number of rotatable bonds is 5. The van der Waals surface area contributed by atoms with Gasteiger partial charge in [0.15, 0.2) is 0 Å². The van der Waals surface area contributed by atoms with Crippen molar-refractivity contribution in [2.45, 2.75) is 13.0 Å². The van der Waals surface area contributed by atoms with Gasteiger partial charge in [-0.05, 0) is 26.1 Å². The molecular weight excluding hydrogens is 190 g/mol. The number of ether oxygens (including phenoxy) is 2. The second kappa shape index (κ2) is 5.73. The number of likely N-dealkylation sites (N-methyl/N-ethyl adjacent to an activating group) is 1. The molecule has 3 heteroatoms. The van der Waals surface area contributed by atoms with E-state index in [9.17, 15) is 0 Å². The summed E-state index contributed by atoms with van der Waals surface area (Å²) < 4.78 is 10.8. The average Bonchev–Trinajstić information content (AvgIpc) is 2.26. The molecule has 84 valence electrons. The van der Waals surface area contributed by atoms with E-state index >= 15 is 0 Å². The molecule has 1 atom stereocenters. The number of nitrogens with one attached hydrogen (secondary N) is 1. The lowest BCUT2D eigenvalue weighted by atomic mass is 10.1. The van der Waals surface area contributed by atoms with Crippen LogP contribution in [0.1, 0.15) is 17.2 Å². The molecule has 3 nitrogen and oxygen atoms in total. The molecule has 0 fully saturated rings. The summed E-state index contributed by atoms with van der Waals surface area (Å²) >= 11 is 0. The molecular formula is C12H19NO2. The predicted octanol–water partition coefficient (Wildman–Crippen LogP) is 1.91. The zero-order valence-electron chi connectivity index (χ0n) is 9.83. The molecule has 0 heterocycles. The van der Waals surface area contributed by atoms with E-state index in [1.54, 1.807) is 14.2 Å². The molecule has 0 aromatic heterocycles. The van der Waals surface area contributed by atoms with Gasteiger partial charge in [0.1, 0.15) is 5.75 Å². The largest absolute Gasteiger partial charge is 0.496 e. The van der Waals surface area contributed by atoms with Crippen LogP contribution in [-0.4, -0.2) is 27.8 Å². The Balaban J connectivity index is 3.02. The monoisotopic (exact) mass is 209 g/mol. The molecule has 0 saturated heterocycles. The summed E-state index contributed by atoms with van der Waals surface area (Å²) in [6.07, 6.45) is 0.0323. The number of hydrogen-bond acceptors (Lipinski definition) is 3. The highest BCUT2D eigenvalue weighted by atomic mass is 16.5. The summed E-state index contributed by atoms with van der Waals surface area (Å²) in [5.74, 6) is 0.878. The van der Waals surface area contributed by atoms with Crippen LogP contribution in [0.5, 0.6) is 5.75 Å². The van der Waals surface area contributed by atoms with Crippen LogP contribution in [0.25, 0.3) is 0 Å². The Bertz CT molecular complexity index is 312.